The number of carbonyl (C=O) groups is 1. The van der Waals surface area contributed by atoms with Gasteiger partial charge in [-0.15, -0.1) is 0 Å². The summed E-state index contributed by atoms with van der Waals surface area (Å²) < 4.78 is 0. The van der Waals surface area contributed by atoms with E-state index in [1.807, 2.05) is 12.1 Å². The number of imidazole rings is 1. The third-order valence-corrected chi connectivity index (χ3v) is 4.07. The van der Waals surface area contributed by atoms with Crippen molar-refractivity contribution in [1.29, 1.82) is 0 Å². The van der Waals surface area contributed by atoms with E-state index in [9.17, 15) is 4.79 Å². The minimum absolute atomic E-state index is 0.308. The molecule has 1 aliphatic rings. The van der Waals surface area contributed by atoms with Crippen LogP contribution < -0.4 is 5.73 Å². The molecule has 0 unspecified atom stereocenters. The third-order valence-electron chi connectivity index (χ3n) is 4.07. The van der Waals surface area contributed by atoms with E-state index in [0.29, 0.717) is 23.2 Å². The number of aromatic amines is 1. The van der Waals surface area contributed by atoms with Crippen molar-refractivity contribution in [3.63, 3.8) is 0 Å². The summed E-state index contributed by atoms with van der Waals surface area (Å²) in [6.45, 7) is 5.51. The second kappa shape index (κ2) is 4.90. The van der Waals surface area contributed by atoms with Gasteiger partial charge in [-0.05, 0) is 45.4 Å². The van der Waals surface area contributed by atoms with Crippen LogP contribution in [-0.2, 0) is 0 Å². The Balaban J connectivity index is 2.05. The number of aromatic nitrogens is 2. The molecule has 1 amide bonds. The molecule has 1 atom stereocenters. The maximum atomic E-state index is 11.5. The second-order valence-corrected chi connectivity index (χ2v) is 5.68. The Morgan fingerprint density at radius 3 is 3.00 bits per heavy atom. The number of benzene rings is 1. The third kappa shape index (κ3) is 2.08. The molecule has 106 valence electrons. The summed E-state index contributed by atoms with van der Waals surface area (Å²) in [7, 11) is 0. The maximum absolute atomic E-state index is 11.5. The second-order valence-electron chi connectivity index (χ2n) is 5.68. The fourth-order valence-corrected chi connectivity index (χ4v) is 3.11. The molecule has 3 rings (SSSR count). The van der Waals surface area contributed by atoms with E-state index in [1.165, 1.54) is 6.42 Å². The normalized spacial score (nSPS) is 20.1. The molecule has 0 radical (unpaired) electrons. The molecule has 2 heterocycles. The van der Waals surface area contributed by atoms with E-state index in [0.717, 1.165) is 24.3 Å². The van der Waals surface area contributed by atoms with Crippen LogP contribution in [0, 0.1) is 0 Å². The topological polar surface area (TPSA) is 75.0 Å². The SMILES string of the molecule is CC(C)N1CCC[C@@H]1c1nc2c(C(N)=O)cccc2[nH]1. The lowest BCUT2D eigenvalue weighted by molar-refractivity contribution is 0.100. The summed E-state index contributed by atoms with van der Waals surface area (Å²) in [5.41, 5.74) is 7.47. The molecular formula is C15H20N4O. The minimum Gasteiger partial charge on any atom is -0.366 e. The standard InChI is InChI=1S/C15H20N4O/c1-9(2)19-8-4-7-12(19)15-17-11-6-3-5-10(14(16)20)13(11)18-15/h3,5-6,9,12H,4,7-8H2,1-2H3,(H2,16,20)(H,17,18)/t12-/m1/s1. The zero-order valence-corrected chi connectivity index (χ0v) is 11.9. The van der Waals surface area contributed by atoms with Crippen molar-refractivity contribution in [3.05, 3.63) is 29.6 Å². The van der Waals surface area contributed by atoms with Gasteiger partial charge in [0.2, 0.25) is 0 Å². The summed E-state index contributed by atoms with van der Waals surface area (Å²) >= 11 is 0. The van der Waals surface area contributed by atoms with Gasteiger partial charge in [-0.3, -0.25) is 9.69 Å². The summed E-state index contributed by atoms with van der Waals surface area (Å²) in [4.78, 5) is 21.9. The number of para-hydroxylation sites is 1. The summed E-state index contributed by atoms with van der Waals surface area (Å²) in [6.07, 6.45) is 2.28. The van der Waals surface area contributed by atoms with Crippen LogP contribution in [0.3, 0.4) is 0 Å². The smallest absolute Gasteiger partial charge is 0.250 e. The highest BCUT2D eigenvalue weighted by Crippen LogP contribution is 2.33. The van der Waals surface area contributed by atoms with Gasteiger partial charge in [0.05, 0.1) is 17.1 Å². The molecule has 1 aliphatic heterocycles. The number of primary amides is 1. The Morgan fingerprint density at radius 1 is 1.50 bits per heavy atom. The fraction of sp³-hybridized carbons (Fsp3) is 0.467. The largest absolute Gasteiger partial charge is 0.366 e. The van der Waals surface area contributed by atoms with E-state index in [4.69, 9.17) is 5.73 Å². The van der Waals surface area contributed by atoms with Gasteiger partial charge < -0.3 is 10.7 Å². The molecule has 1 saturated heterocycles. The molecule has 0 aliphatic carbocycles. The molecule has 0 saturated carbocycles. The lowest BCUT2D eigenvalue weighted by Crippen LogP contribution is -2.30. The van der Waals surface area contributed by atoms with E-state index in [1.54, 1.807) is 6.07 Å². The number of fused-ring (bicyclic) bond motifs is 1. The quantitative estimate of drug-likeness (QED) is 0.899. The molecule has 0 spiro atoms. The predicted molar refractivity (Wildman–Crippen MR) is 78.4 cm³/mol. The molecule has 5 heteroatoms. The van der Waals surface area contributed by atoms with E-state index in [2.05, 4.69) is 28.7 Å². The van der Waals surface area contributed by atoms with Gasteiger partial charge in [0.25, 0.3) is 5.91 Å². The number of nitrogens with two attached hydrogens (primary N) is 1. The Labute approximate surface area is 118 Å². The highest BCUT2D eigenvalue weighted by Gasteiger charge is 2.30. The maximum Gasteiger partial charge on any atom is 0.250 e. The zero-order chi connectivity index (χ0) is 14.3. The average Bonchev–Trinajstić information content (AvgIpc) is 3.03. The highest BCUT2D eigenvalue weighted by atomic mass is 16.1. The molecule has 5 nitrogen and oxygen atoms in total. The number of amides is 1. The van der Waals surface area contributed by atoms with Crippen LogP contribution in [0.4, 0.5) is 0 Å². The molecule has 20 heavy (non-hydrogen) atoms. The van der Waals surface area contributed by atoms with Crippen molar-refractivity contribution in [2.75, 3.05) is 6.54 Å². The number of carbonyl (C=O) groups excluding carboxylic acids is 1. The number of H-pyrrole nitrogens is 1. The number of hydrogen-bond acceptors (Lipinski definition) is 3. The van der Waals surface area contributed by atoms with Gasteiger partial charge in [0.1, 0.15) is 11.3 Å². The number of nitrogens with one attached hydrogen (secondary N) is 1. The Kier molecular flexibility index (Phi) is 3.22. The van der Waals surface area contributed by atoms with Crippen LogP contribution in [0.1, 0.15) is 48.9 Å². The fourth-order valence-electron chi connectivity index (χ4n) is 3.11. The number of rotatable bonds is 3. The van der Waals surface area contributed by atoms with Gasteiger partial charge in [-0.2, -0.15) is 0 Å². The van der Waals surface area contributed by atoms with Crippen molar-refractivity contribution in [3.8, 4) is 0 Å². The Bertz CT molecular complexity index is 646. The number of hydrogen-bond donors (Lipinski definition) is 2. The summed E-state index contributed by atoms with van der Waals surface area (Å²) in [5.74, 6) is 0.515. The van der Waals surface area contributed by atoms with Crippen LogP contribution in [-0.4, -0.2) is 33.4 Å². The van der Waals surface area contributed by atoms with E-state index in [-0.39, 0.29) is 0 Å². The first-order chi connectivity index (χ1) is 9.58. The van der Waals surface area contributed by atoms with Crippen molar-refractivity contribution < 1.29 is 4.79 Å². The van der Waals surface area contributed by atoms with Gasteiger partial charge in [-0.1, -0.05) is 6.07 Å². The average molecular weight is 272 g/mol. The molecule has 2 aromatic rings. The molecular weight excluding hydrogens is 252 g/mol. The zero-order valence-electron chi connectivity index (χ0n) is 11.9. The monoisotopic (exact) mass is 272 g/mol. The number of likely N-dealkylation sites (tertiary alicyclic amines) is 1. The van der Waals surface area contributed by atoms with Crippen LogP contribution in [0.5, 0.6) is 0 Å². The Morgan fingerprint density at radius 2 is 2.30 bits per heavy atom. The predicted octanol–water partition coefficient (Wildman–Crippen LogP) is 2.21. The molecule has 1 fully saturated rings. The first-order valence-electron chi connectivity index (χ1n) is 7.12. The lowest BCUT2D eigenvalue weighted by Gasteiger charge is -2.26. The summed E-state index contributed by atoms with van der Waals surface area (Å²) in [6, 6.07) is 6.30. The van der Waals surface area contributed by atoms with Crippen molar-refractivity contribution in [2.45, 2.75) is 38.8 Å². The molecule has 1 aromatic heterocycles. The minimum atomic E-state index is -0.430. The molecule has 1 aromatic carbocycles. The van der Waals surface area contributed by atoms with Crippen LogP contribution >= 0.6 is 0 Å². The van der Waals surface area contributed by atoms with Gasteiger partial charge in [0, 0.05) is 6.04 Å². The van der Waals surface area contributed by atoms with E-state index < -0.39 is 5.91 Å². The van der Waals surface area contributed by atoms with Crippen molar-refractivity contribution >= 4 is 16.9 Å². The summed E-state index contributed by atoms with van der Waals surface area (Å²) in [5, 5.41) is 0. The van der Waals surface area contributed by atoms with Gasteiger partial charge in [-0.25, -0.2) is 4.98 Å². The van der Waals surface area contributed by atoms with Crippen molar-refractivity contribution in [2.24, 2.45) is 5.73 Å². The van der Waals surface area contributed by atoms with Crippen LogP contribution in [0.15, 0.2) is 18.2 Å². The first kappa shape index (κ1) is 13.1. The Hall–Kier alpha value is -1.88. The number of nitrogens with zero attached hydrogens (tertiary/aromatic N) is 2. The van der Waals surface area contributed by atoms with Gasteiger partial charge in [0.15, 0.2) is 0 Å². The highest BCUT2D eigenvalue weighted by molar-refractivity contribution is 6.04. The van der Waals surface area contributed by atoms with Crippen molar-refractivity contribution in [1.82, 2.24) is 14.9 Å². The molecule has 3 N–H and O–H groups in total. The van der Waals surface area contributed by atoms with Crippen LogP contribution in [0.2, 0.25) is 0 Å². The lowest BCUT2D eigenvalue weighted by atomic mass is 10.2. The molecule has 0 bridgehead atoms. The first-order valence-corrected chi connectivity index (χ1v) is 7.12. The van der Waals surface area contributed by atoms with Crippen LogP contribution in [0.25, 0.3) is 11.0 Å². The van der Waals surface area contributed by atoms with E-state index >= 15 is 0 Å². The van der Waals surface area contributed by atoms with Gasteiger partial charge >= 0.3 is 0 Å².